The van der Waals surface area contributed by atoms with Gasteiger partial charge < -0.3 is 19.7 Å². The summed E-state index contributed by atoms with van der Waals surface area (Å²) < 4.78 is 10.5. The average molecular weight is 388 g/mol. The summed E-state index contributed by atoms with van der Waals surface area (Å²) in [6, 6.07) is 10.7. The largest absolute Gasteiger partial charge is 0.491 e. The topological polar surface area (TPSA) is 67.9 Å². The van der Waals surface area contributed by atoms with E-state index in [0.717, 1.165) is 11.3 Å². The van der Waals surface area contributed by atoms with Crippen LogP contribution in [0.15, 0.2) is 41.8 Å². The SMILES string of the molecule is COCCOc1cccc(NC(=O)C2CCCN2C(=O)Cc2cccs2)c1. The van der Waals surface area contributed by atoms with Crippen molar-refractivity contribution in [1.29, 1.82) is 0 Å². The first-order valence-corrected chi connectivity index (χ1v) is 9.90. The molecule has 1 atom stereocenters. The highest BCUT2D eigenvalue weighted by Gasteiger charge is 2.34. The highest BCUT2D eigenvalue weighted by atomic mass is 32.1. The van der Waals surface area contributed by atoms with Gasteiger partial charge in [-0.3, -0.25) is 9.59 Å². The highest BCUT2D eigenvalue weighted by Crippen LogP contribution is 2.23. The lowest BCUT2D eigenvalue weighted by Gasteiger charge is -2.24. The summed E-state index contributed by atoms with van der Waals surface area (Å²) >= 11 is 1.56. The van der Waals surface area contributed by atoms with Crippen molar-refractivity contribution in [3.05, 3.63) is 46.7 Å². The van der Waals surface area contributed by atoms with Crippen molar-refractivity contribution in [2.24, 2.45) is 0 Å². The molecule has 1 aliphatic rings. The number of likely N-dealkylation sites (tertiary alicyclic amines) is 1. The van der Waals surface area contributed by atoms with Crippen molar-refractivity contribution in [1.82, 2.24) is 4.90 Å². The Hall–Kier alpha value is -2.38. The van der Waals surface area contributed by atoms with Crippen LogP contribution in [0.3, 0.4) is 0 Å². The number of ether oxygens (including phenoxy) is 2. The Morgan fingerprint density at radius 1 is 1.26 bits per heavy atom. The maximum atomic E-state index is 12.7. The number of carbonyl (C=O) groups is 2. The van der Waals surface area contributed by atoms with Gasteiger partial charge in [0.2, 0.25) is 11.8 Å². The van der Waals surface area contributed by atoms with Crippen LogP contribution in [-0.4, -0.2) is 49.6 Å². The zero-order valence-electron chi connectivity index (χ0n) is 15.3. The molecule has 0 radical (unpaired) electrons. The molecule has 0 saturated carbocycles. The van der Waals surface area contributed by atoms with Crippen molar-refractivity contribution in [2.75, 3.05) is 32.2 Å². The van der Waals surface area contributed by atoms with E-state index in [1.165, 1.54) is 0 Å². The van der Waals surface area contributed by atoms with Gasteiger partial charge in [-0.25, -0.2) is 0 Å². The zero-order chi connectivity index (χ0) is 19.1. The molecule has 6 nitrogen and oxygen atoms in total. The molecular formula is C20H24N2O4S. The van der Waals surface area contributed by atoms with E-state index < -0.39 is 6.04 Å². The van der Waals surface area contributed by atoms with E-state index in [0.29, 0.717) is 44.0 Å². The van der Waals surface area contributed by atoms with Crippen LogP contribution in [0.2, 0.25) is 0 Å². The number of hydrogen-bond donors (Lipinski definition) is 1. The summed E-state index contributed by atoms with van der Waals surface area (Å²) in [6.45, 7) is 1.57. The Morgan fingerprint density at radius 2 is 2.15 bits per heavy atom. The summed E-state index contributed by atoms with van der Waals surface area (Å²) in [5, 5.41) is 4.87. The van der Waals surface area contributed by atoms with Gasteiger partial charge in [-0.1, -0.05) is 12.1 Å². The molecule has 1 aromatic heterocycles. The first-order valence-electron chi connectivity index (χ1n) is 9.02. The van der Waals surface area contributed by atoms with Crippen LogP contribution in [-0.2, 0) is 20.7 Å². The lowest BCUT2D eigenvalue weighted by Crippen LogP contribution is -2.43. The fourth-order valence-electron chi connectivity index (χ4n) is 3.13. The second kappa shape index (κ2) is 9.53. The summed E-state index contributed by atoms with van der Waals surface area (Å²) in [4.78, 5) is 28.1. The van der Waals surface area contributed by atoms with E-state index >= 15 is 0 Å². The molecule has 7 heteroatoms. The third kappa shape index (κ3) is 5.30. The van der Waals surface area contributed by atoms with Gasteiger partial charge in [-0.15, -0.1) is 11.3 Å². The minimum absolute atomic E-state index is 0.00625. The van der Waals surface area contributed by atoms with Crippen LogP contribution in [0.1, 0.15) is 17.7 Å². The zero-order valence-corrected chi connectivity index (χ0v) is 16.2. The molecule has 2 heterocycles. The fraction of sp³-hybridized carbons (Fsp3) is 0.400. The van der Waals surface area contributed by atoms with Crippen LogP contribution in [0.25, 0.3) is 0 Å². The second-order valence-electron chi connectivity index (χ2n) is 6.36. The molecular weight excluding hydrogens is 364 g/mol. The van der Waals surface area contributed by atoms with E-state index in [9.17, 15) is 9.59 Å². The number of benzene rings is 1. The first-order chi connectivity index (χ1) is 13.2. The summed E-state index contributed by atoms with van der Waals surface area (Å²) in [5.41, 5.74) is 0.660. The number of carbonyl (C=O) groups excluding carboxylic acids is 2. The highest BCUT2D eigenvalue weighted by molar-refractivity contribution is 7.10. The van der Waals surface area contributed by atoms with Gasteiger partial charge in [0.1, 0.15) is 18.4 Å². The van der Waals surface area contributed by atoms with Crippen LogP contribution in [0.5, 0.6) is 5.75 Å². The van der Waals surface area contributed by atoms with E-state index in [-0.39, 0.29) is 11.8 Å². The molecule has 2 aromatic rings. The Kier molecular flexibility index (Phi) is 6.84. The van der Waals surface area contributed by atoms with Gasteiger partial charge in [0.15, 0.2) is 0 Å². The van der Waals surface area contributed by atoms with E-state index in [4.69, 9.17) is 9.47 Å². The summed E-state index contributed by atoms with van der Waals surface area (Å²) in [7, 11) is 1.62. The van der Waals surface area contributed by atoms with Crippen LogP contribution in [0, 0.1) is 0 Å². The van der Waals surface area contributed by atoms with Gasteiger partial charge >= 0.3 is 0 Å². The molecule has 1 unspecified atom stereocenters. The monoisotopic (exact) mass is 388 g/mol. The Labute approximate surface area is 163 Å². The fourth-order valence-corrected chi connectivity index (χ4v) is 3.83. The third-order valence-corrected chi connectivity index (χ3v) is 5.32. The molecule has 0 bridgehead atoms. The van der Waals surface area contributed by atoms with Gasteiger partial charge in [0, 0.05) is 30.3 Å². The molecule has 1 fully saturated rings. The minimum Gasteiger partial charge on any atom is -0.491 e. The molecule has 3 rings (SSSR count). The van der Waals surface area contributed by atoms with E-state index in [2.05, 4.69) is 5.32 Å². The van der Waals surface area contributed by atoms with Crippen molar-refractivity contribution >= 4 is 28.8 Å². The Morgan fingerprint density at radius 3 is 2.93 bits per heavy atom. The number of methoxy groups -OCH3 is 1. The third-order valence-electron chi connectivity index (χ3n) is 4.44. The number of amides is 2. The molecule has 0 spiro atoms. The quantitative estimate of drug-likeness (QED) is 0.706. The second-order valence-corrected chi connectivity index (χ2v) is 7.39. The molecule has 2 amide bonds. The first kappa shape index (κ1) is 19.4. The van der Waals surface area contributed by atoms with E-state index in [1.54, 1.807) is 29.4 Å². The number of hydrogen-bond acceptors (Lipinski definition) is 5. The maximum absolute atomic E-state index is 12.7. The molecule has 0 aliphatic carbocycles. The lowest BCUT2D eigenvalue weighted by atomic mass is 10.2. The molecule has 1 saturated heterocycles. The van der Waals surface area contributed by atoms with Crippen molar-refractivity contribution < 1.29 is 19.1 Å². The van der Waals surface area contributed by atoms with Crippen LogP contribution in [0.4, 0.5) is 5.69 Å². The lowest BCUT2D eigenvalue weighted by molar-refractivity contribution is -0.136. The van der Waals surface area contributed by atoms with Crippen molar-refractivity contribution in [2.45, 2.75) is 25.3 Å². The maximum Gasteiger partial charge on any atom is 0.247 e. The van der Waals surface area contributed by atoms with Crippen LogP contribution < -0.4 is 10.1 Å². The molecule has 1 aromatic carbocycles. The predicted molar refractivity (Wildman–Crippen MR) is 105 cm³/mol. The number of anilines is 1. The standard InChI is InChI=1S/C20H24N2O4S/c1-25-10-11-26-16-6-2-5-15(13-16)21-20(24)18-8-3-9-22(18)19(23)14-17-7-4-12-27-17/h2,4-7,12-13,18H,3,8-11,14H2,1H3,(H,21,24). The van der Waals surface area contributed by atoms with Crippen molar-refractivity contribution in [3.63, 3.8) is 0 Å². The molecule has 27 heavy (non-hydrogen) atoms. The average Bonchev–Trinajstić information content (AvgIpc) is 3.34. The number of nitrogens with one attached hydrogen (secondary N) is 1. The Bertz CT molecular complexity index is 763. The number of thiophene rings is 1. The van der Waals surface area contributed by atoms with Crippen LogP contribution >= 0.6 is 11.3 Å². The smallest absolute Gasteiger partial charge is 0.247 e. The summed E-state index contributed by atoms with van der Waals surface area (Å²) in [6.07, 6.45) is 1.88. The van der Waals surface area contributed by atoms with Gasteiger partial charge in [0.25, 0.3) is 0 Å². The van der Waals surface area contributed by atoms with E-state index in [1.807, 2.05) is 35.7 Å². The summed E-state index contributed by atoms with van der Waals surface area (Å²) in [5.74, 6) is 0.523. The molecule has 1 aliphatic heterocycles. The van der Waals surface area contributed by atoms with Gasteiger partial charge in [-0.05, 0) is 36.4 Å². The number of nitrogens with zero attached hydrogens (tertiary/aromatic N) is 1. The van der Waals surface area contributed by atoms with Crippen molar-refractivity contribution in [3.8, 4) is 5.75 Å². The Balaban J connectivity index is 1.59. The van der Waals surface area contributed by atoms with Gasteiger partial charge in [0.05, 0.1) is 13.0 Å². The molecule has 1 N–H and O–H groups in total. The molecule has 144 valence electrons. The number of rotatable bonds is 8. The van der Waals surface area contributed by atoms with Gasteiger partial charge in [-0.2, -0.15) is 0 Å². The normalized spacial score (nSPS) is 16.3. The minimum atomic E-state index is -0.421. The predicted octanol–water partition coefficient (Wildman–Crippen LogP) is 2.95.